The van der Waals surface area contributed by atoms with Crippen LogP contribution in [0.15, 0.2) is 60.8 Å². The van der Waals surface area contributed by atoms with Gasteiger partial charge >= 0.3 is 5.97 Å². The number of aliphatic carboxylic acids is 1. The first-order valence-electron chi connectivity index (χ1n) is 10.2. The molecule has 3 unspecified atom stereocenters. The summed E-state index contributed by atoms with van der Waals surface area (Å²) in [6.07, 6.45) is 1.92. The number of carbonyl (C=O) groups excluding carboxylic acids is 2. The molecule has 168 valence electrons. The van der Waals surface area contributed by atoms with Crippen molar-refractivity contribution in [2.75, 3.05) is 6.61 Å². The Morgan fingerprint density at radius 2 is 1.56 bits per heavy atom. The normalized spacial score (nSPS) is 13.8. The molecule has 0 aliphatic rings. The predicted octanol–water partition coefficient (Wildman–Crippen LogP) is 0.327. The van der Waals surface area contributed by atoms with Gasteiger partial charge in [0.15, 0.2) is 0 Å². The van der Waals surface area contributed by atoms with Gasteiger partial charge in [-0.25, -0.2) is 4.79 Å². The number of hydrogen-bond acceptors (Lipinski definition) is 5. The Morgan fingerprint density at radius 1 is 0.906 bits per heavy atom. The molecule has 9 nitrogen and oxygen atoms in total. The number of amides is 2. The summed E-state index contributed by atoms with van der Waals surface area (Å²) in [7, 11) is 0. The number of hydrogen-bond donors (Lipinski definition) is 6. The second-order valence-electron chi connectivity index (χ2n) is 7.50. The van der Waals surface area contributed by atoms with Crippen molar-refractivity contribution in [2.45, 2.75) is 31.0 Å². The van der Waals surface area contributed by atoms with Crippen molar-refractivity contribution < 1.29 is 24.6 Å². The number of fused-ring (bicyclic) bond motifs is 1. The van der Waals surface area contributed by atoms with Crippen LogP contribution < -0.4 is 16.4 Å². The molecule has 0 bridgehead atoms. The first-order chi connectivity index (χ1) is 15.4. The number of rotatable bonds is 10. The van der Waals surface area contributed by atoms with Gasteiger partial charge in [-0.1, -0.05) is 48.5 Å². The highest BCUT2D eigenvalue weighted by molar-refractivity contribution is 5.92. The standard InChI is InChI=1S/C23H26N4O5/c24-17(13-28)21(29)26-19(10-14-6-2-1-3-7-14)22(30)27-20(23(31)32)11-15-12-25-18-9-5-4-8-16(15)18/h1-9,12,17,19-20,25,28H,10-11,13,24H2,(H,26,29)(H,27,30)(H,31,32). The molecule has 2 aromatic carbocycles. The average molecular weight is 438 g/mol. The van der Waals surface area contributed by atoms with Crippen LogP contribution in [0.1, 0.15) is 11.1 Å². The van der Waals surface area contributed by atoms with E-state index in [2.05, 4.69) is 15.6 Å². The number of aliphatic hydroxyl groups excluding tert-OH is 1. The number of H-pyrrole nitrogens is 1. The van der Waals surface area contributed by atoms with E-state index in [4.69, 9.17) is 10.8 Å². The molecule has 0 radical (unpaired) electrons. The largest absolute Gasteiger partial charge is 0.480 e. The summed E-state index contributed by atoms with van der Waals surface area (Å²) in [5, 5.41) is 24.8. The van der Waals surface area contributed by atoms with Crippen molar-refractivity contribution in [3.05, 3.63) is 71.9 Å². The molecule has 0 saturated heterocycles. The predicted molar refractivity (Wildman–Crippen MR) is 119 cm³/mol. The van der Waals surface area contributed by atoms with Gasteiger partial charge in [0.1, 0.15) is 18.1 Å². The molecular weight excluding hydrogens is 412 g/mol. The van der Waals surface area contributed by atoms with Gasteiger partial charge in [0.25, 0.3) is 0 Å². The van der Waals surface area contributed by atoms with Gasteiger partial charge in [0.05, 0.1) is 6.61 Å². The number of carbonyl (C=O) groups is 3. The first kappa shape index (κ1) is 23.0. The van der Waals surface area contributed by atoms with Crippen LogP contribution in [-0.4, -0.2) is 57.7 Å². The van der Waals surface area contributed by atoms with Gasteiger partial charge in [-0.05, 0) is 17.2 Å². The minimum absolute atomic E-state index is 0.0627. The molecular formula is C23H26N4O5. The fraction of sp³-hybridized carbons (Fsp3) is 0.261. The Labute approximate surface area is 184 Å². The minimum Gasteiger partial charge on any atom is -0.480 e. The second kappa shape index (κ2) is 10.6. The van der Waals surface area contributed by atoms with E-state index >= 15 is 0 Å². The number of para-hydroxylation sites is 1. The maximum absolute atomic E-state index is 13.0. The number of carboxylic acid groups (broad SMARTS) is 1. The van der Waals surface area contributed by atoms with E-state index in [-0.39, 0.29) is 12.8 Å². The third-order valence-electron chi connectivity index (χ3n) is 5.16. The minimum atomic E-state index is -1.21. The third-order valence-corrected chi connectivity index (χ3v) is 5.16. The van der Waals surface area contributed by atoms with E-state index in [1.165, 1.54) is 0 Å². The average Bonchev–Trinajstić information content (AvgIpc) is 3.21. The number of aliphatic hydroxyl groups is 1. The summed E-state index contributed by atoms with van der Waals surface area (Å²) in [6.45, 7) is -0.580. The van der Waals surface area contributed by atoms with Crippen LogP contribution >= 0.6 is 0 Å². The van der Waals surface area contributed by atoms with Gasteiger partial charge in [-0.15, -0.1) is 0 Å². The van der Waals surface area contributed by atoms with Crippen LogP contribution in [0.5, 0.6) is 0 Å². The molecule has 9 heteroatoms. The fourth-order valence-electron chi connectivity index (χ4n) is 3.41. The van der Waals surface area contributed by atoms with Crippen LogP contribution in [0.4, 0.5) is 0 Å². The van der Waals surface area contributed by atoms with E-state index in [0.717, 1.165) is 22.0 Å². The lowest BCUT2D eigenvalue weighted by molar-refractivity contribution is -0.142. The molecule has 3 rings (SSSR count). The van der Waals surface area contributed by atoms with Crippen LogP contribution in [0.2, 0.25) is 0 Å². The second-order valence-corrected chi connectivity index (χ2v) is 7.50. The number of benzene rings is 2. The Balaban J connectivity index is 1.78. The summed E-state index contributed by atoms with van der Waals surface area (Å²) in [4.78, 5) is 40.2. The topological polar surface area (TPSA) is 158 Å². The molecule has 1 heterocycles. The van der Waals surface area contributed by atoms with Crippen LogP contribution in [0, 0.1) is 0 Å². The summed E-state index contributed by atoms with van der Waals surface area (Å²) in [6, 6.07) is 13.0. The zero-order valence-electron chi connectivity index (χ0n) is 17.3. The molecule has 0 aliphatic carbocycles. The lowest BCUT2D eigenvalue weighted by Gasteiger charge is -2.22. The van der Waals surface area contributed by atoms with E-state index < -0.39 is 42.5 Å². The van der Waals surface area contributed by atoms with Crippen molar-refractivity contribution in [2.24, 2.45) is 5.73 Å². The van der Waals surface area contributed by atoms with Crippen molar-refractivity contribution in [3.63, 3.8) is 0 Å². The molecule has 0 spiro atoms. The van der Waals surface area contributed by atoms with Gasteiger partial charge in [-0.3, -0.25) is 9.59 Å². The Morgan fingerprint density at radius 3 is 2.25 bits per heavy atom. The zero-order valence-corrected chi connectivity index (χ0v) is 17.3. The molecule has 32 heavy (non-hydrogen) atoms. The molecule has 0 fully saturated rings. The number of nitrogens with one attached hydrogen (secondary N) is 3. The monoisotopic (exact) mass is 438 g/mol. The SMILES string of the molecule is NC(CO)C(=O)NC(Cc1ccccc1)C(=O)NC(Cc1c[nH]c2ccccc12)C(=O)O. The molecule has 3 aromatic rings. The smallest absolute Gasteiger partial charge is 0.326 e. The highest BCUT2D eigenvalue weighted by atomic mass is 16.4. The quantitative estimate of drug-likeness (QED) is 0.268. The lowest BCUT2D eigenvalue weighted by Crippen LogP contribution is -2.56. The number of nitrogens with two attached hydrogens (primary N) is 1. The van der Waals surface area contributed by atoms with Crippen LogP contribution in [0.3, 0.4) is 0 Å². The van der Waals surface area contributed by atoms with Crippen molar-refractivity contribution in [1.82, 2.24) is 15.6 Å². The molecule has 2 amide bonds. The third kappa shape index (κ3) is 5.71. The van der Waals surface area contributed by atoms with Crippen molar-refractivity contribution in [1.29, 1.82) is 0 Å². The van der Waals surface area contributed by atoms with E-state index in [1.54, 1.807) is 30.5 Å². The van der Waals surface area contributed by atoms with Gasteiger partial charge in [0.2, 0.25) is 11.8 Å². The Bertz CT molecular complexity index is 1080. The van der Waals surface area contributed by atoms with Gasteiger partial charge in [0, 0.05) is 29.9 Å². The molecule has 1 aromatic heterocycles. The van der Waals surface area contributed by atoms with Crippen LogP contribution in [-0.2, 0) is 27.2 Å². The number of aromatic amines is 1. The van der Waals surface area contributed by atoms with Gasteiger partial charge < -0.3 is 31.6 Å². The number of aromatic nitrogens is 1. The Hall–Kier alpha value is -3.69. The van der Waals surface area contributed by atoms with Crippen molar-refractivity contribution in [3.8, 4) is 0 Å². The summed E-state index contributed by atoms with van der Waals surface area (Å²) >= 11 is 0. The summed E-state index contributed by atoms with van der Waals surface area (Å²) in [5.74, 6) is -2.55. The highest BCUT2D eigenvalue weighted by Gasteiger charge is 2.28. The van der Waals surface area contributed by atoms with Gasteiger partial charge in [-0.2, -0.15) is 0 Å². The maximum atomic E-state index is 13.0. The maximum Gasteiger partial charge on any atom is 0.326 e. The number of carboxylic acids is 1. The van der Waals surface area contributed by atoms with E-state index in [0.29, 0.717) is 0 Å². The summed E-state index contributed by atoms with van der Waals surface area (Å²) < 4.78 is 0. The highest BCUT2D eigenvalue weighted by Crippen LogP contribution is 2.19. The zero-order chi connectivity index (χ0) is 23.1. The summed E-state index contributed by atoms with van der Waals surface area (Å²) in [5.41, 5.74) is 7.95. The van der Waals surface area contributed by atoms with E-state index in [1.807, 2.05) is 30.3 Å². The molecule has 3 atom stereocenters. The molecule has 7 N–H and O–H groups in total. The van der Waals surface area contributed by atoms with Crippen molar-refractivity contribution >= 4 is 28.7 Å². The lowest BCUT2D eigenvalue weighted by atomic mass is 10.0. The first-order valence-corrected chi connectivity index (χ1v) is 10.2. The Kier molecular flexibility index (Phi) is 7.58. The fourth-order valence-corrected chi connectivity index (χ4v) is 3.41. The molecule has 0 saturated carbocycles. The molecule has 0 aliphatic heterocycles. The van der Waals surface area contributed by atoms with E-state index in [9.17, 15) is 19.5 Å². The van der Waals surface area contributed by atoms with Crippen LogP contribution in [0.25, 0.3) is 10.9 Å².